The summed E-state index contributed by atoms with van der Waals surface area (Å²) in [6.45, 7) is 2.29. The van der Waals surface area contributed by atoms with Crippen molar-refractivity contribution >= 4 is 5.95 Å². The average Bonchev–Trinajstić information content (AvgIpc) is 2.47. The smallest absolute Gasteiger partial charge is 0.252 e. The van der Waals surface area contributed by atoms with E-state index in [2.05, 4.69) is 15.3 Å². The molecule has 1 heterocycles. The van der Waals surface area contributed by atoms with Crippen molar-refractivity contribution in [2.45, 2.75) is 19.6 Å². The van der Waals surface area contributed by atoms with Crippen LogP contribution in [0.25, 0.3) is 0 Å². The SMILES string of the molecule is COCc1cc(=O)[nH]c(NC(C)c2ccc(OC)cc2)n1. The molecule has 0 bridgehead atoms. The molecule has 0 saturated carbocycles. The number of aromatic nitrogens is 2. The number of hydrogen-bond donors (Lipinski definition) is 2. The maximum Gasteiger partial charge on any atom is 0.252 e. The summed E-state index contributed by atoms with van der Waals surface area (Å²) in [7, 11) is 3.20. The summed E-state index contributed by atoms with van der Waals surface area (Å²) in [6, 6.07) is 9.14. The molecule has 0 amide bonds. The number of nitrogens with one attached hydrogen (secondary N) is 2. The fourth-order valence-corrected chi connectivity index (χ4v) is 1.98. The maximum absolute atomic E-state index is 11.6. The molecular weight excluding hydrogens is 270 g/mol. The molecule has 21 heavy (non-hydrogen) atoms. The number of methoxy groups -OCH3 is 2. The van der Waals surface area contributed by atoms with Gasteiger partial charge < -0.3 is 14.8 Å². The van der Waals surface area contributed by atoms with E-state index >= 15 is 0 Å². The molecule has 0 spiro atoms. The first-order chi connectivity index (χ1) is 10.1. The Bertz CT molecular complexity index is 637. The lowest BCUT2D eigenvalue weighted by molar-refractivity contribution is 0.181. The van der Waals surface area contributed by atoms with E-state index in [1.54, 1.807) is 14.2 Å². The van der Waals surface area contributed by atoms with E-state index in [1.165, 1.54) is 6.07 Å². The van der Waals surface area contributed by atoms with Gasteiger partial charge in [0.25, 0.3) is 5.56 Å². The van der Waals surface area contributed by atoms with Crippen molar-refractivity contribution in [1.29, 1.82) is 0 Å². The second-order valence-corrected chi connectivity index (χ2v) is 4.66. The third-order valence-corrected chi connectivity index (χ3v) is 3.06. The summed E-state index contributed by atoms with van der Waals surface area (Å²) in [5, 5.41) is 3.17. The highest BCUT2D eigenvalue weighted by Crippen LogP contribution is 2.19. The van der Waals surface area contributed by atoms with E-state index in [4.69, 9.17) is 9.47 Å². The molecule has 1 aromatic carbocycles. The van der Waals surface area contributed by atoms with Crippen molar-refractivity contribution in [2.24, 2.45) is 0 Å². The third kappa shape index (κ3) is 4.06. The number of ether oxygens (including phenoxy) is 2. The Kier molecular flexibility index (Phi) is 4.94. The summed E-state index contributed by atoms with van der Waals surface area (Å²) in [5.41, 5.74) is 1.45. The summed E-state index contributed by atoms with van der Waals surface area (Å²) in [5.74, 6) is 1.23. The standard InChI is InChI=1S/C15H19N3O3/c1-10(11-4-6-13(21-3)7-5-11)16-15-17-12(9-20-2)8-14(19)18-15/h4-8,10H,9H2,1-3H3,(H2,16,17,18,19). The van der Waals surface area contributed by atoms with Crippen molar-refractivity contribution in [3.8, 4) is 5.75 Å². The Morgan fingerprint density at radius 3 is 2.62 bits per heavy atom. The first-order valence-electron chi connectivity index (χ1n) is 6.62. The van der Waals surface area contributed by atoms with Crippen LogP contribution in [0.15, 0.2) is 35.1 Å². The molecule has 0 radical (unpaired) electrons. The number of aromatic amines is 1. The summed E-state index contributed by atoms with van der Waals surface area (Å²) >= 11 is 0. The van der Waals surface area contributed by atoms with E-state index < -0.39 is 0 Å². The molecule has 6 nitrogen and oxygen atoms in total. The van der Waals surface area contributed by atoms with Gasteiger partial charge in [-0.2, -0.15) is 0 Å². The van der Waals surface area contributed by atoms with Gasteiger partial charge in [-0.15, -0.1) is 0 Å². The zero-order chi connectivity index (χ0) is 15.2. The molecule has 0 fully saturated rings. The van der Waals surface area contributed by atoms with Crippen molar-refractivity contribution in [3.63, 3.8) is 0 Å². The molecule has 2 rings (SSSR count). The molecule has 1 unspecified atom stereocenters. The van der Waals surface area contributed by atoms with Crippen LogP contribution in [-0.2, 0) is 11.3 Å². The summed E-state index contributed by atoms with van der Waals surface area (Å²) in [4.78, 5) is 18.6. The Morgan fingerprint density at radius 2 is 2.00 bits per heavy atom. The minimum absolute atomic E-state index is 0.00292. The predicted molar refractivity (Wildman–Crippen MR) is 80.6 cm³/mol. The van der Waals surface area contributed by atoms with E-state index in [0.717, 1.165) is 11.3 Å². The van der Waals surface area contributed by atoms with Gasteiger partial charge in [0, 0.05) is 13.2 Å². The van der Waals surface area contributed by atoms with Crippen LogP contribution in [0.1, 0.15) is 24.2 Å². The molecule has 2 N–H and O–H groups in total. The van der Waals surface area contributed by atoms with E-state index in [-0.39, 0.29) is 11.6 Å². The zero-order valence-electron chi connectivity index (χ0n) is 12.3. The fourth-order valence-electron chi connectivity index (χ4n) is 1.98. The van der Waals surface area contributed by atoms with Crippen LogP contribution < -0.4 is 15.6 Å². The average molecular weight is 289 g/mol. The van der Waals surface area contributed by atoms with Crippen molar-refractivity contribution in [2.75, 3.05) is 19.5 Å². The van der Waals surface area contributed by atoms with Gasteiger partial charge in [-0.1, -0.05) is 12.1 Å². The number of anilines is 1. The highest BCUT2D eigenvalue weighted by atomic mass is 16.5. The number of hydrogen-bond acceptors (Lipinski definition) is 5. The van der Waals surface area contributed by atoms with Crippen LogP contribution in [0.3, 0.4) is 0 Å². The number of rotatable bonds is 6. The normalized spacial score (nSPS) is 12.0. The molecular formula is C15H19N3O3. The van der Waals surface area contributed by atoms with E-state index in [0.29, 0.717) is 18.2 Å². The quantitative estimate of drug-likeness (QED) is 0.851. The minimum Gasteiger partial charge on any atom is -0.497 e. The van der Waals surface area contributed by atoms with Gasteiger partial charge in [0.2, 0.25) is 5.95 Å². The number of nitrogens with zero attached hydrogens (tertiary/aromatic N) is 1. The molecule has 0 aliphatic carbocycles. The highest BCUT2D eigenvalue weighted by molar-refractivity contribution is 5.34. The molecule has 2 aromatic rings. The predicted octanol–water partition coefficient (Wildman–Crippen LogP) is 2.10. The van der Waals surface area contributed by atoms with Gasteiger partial charge in [0.1, 0.15) is 5.75 Å². The largest absolute Gasteiger partial charge is 0.497 e. The van der Waals surface area contributed by atoms with Gasteiger partial charge in [-0.05, 0) is 24.6 Å². The lowest BCUT2D eigenvalue weighted by Crippen LogP contribution is -2.16. The van der Waals surface area contributed by atoms with Crippen molar-refractivity contribution in [1.82, 2.24) is 9.97 Å². The van der Waals surface area contributed by atoms with Crippen molar-refractivity contribution < 1.29 is 9.47 Å². The molecule has 6 heteroatoms. The molecule has 0 aliphatic heterocycles. The van der Waals surface area contributed by atoms with E-state index in [9.17, 15) is 4.79 Å². The van der Waals surface area contributed by atoms with Crippen LogP contribution in [-0.4, -0.2) is 24.2 Å². The lowest BCUT2D eigenvalue weighted by atomic mass is 10.1. The van der Waals surface area contributed by atoms with Crippen LogP contribution in [0.4, 0.5) is 5.95 Å². The molecule has 0 saturated heterocycles. The number of benzene rings is 1. The molecule has 1 aromatic heterocycles. The minimum atomic E-state index is -0.207. The van der Waals surface area contributed by atoms with Gasteiger partial charge in [-0.3, -0.25) is 9.78 Å². The molecule has 1 atom stereocenters. The second-order valence-electron chi connectivity index (χ2n) is 4.66. The third-order valence-electron chi connectivity index (χ3n) is 3.06. The fraction of sp³-hybridized carbons (Fsp3) is 0.333. The first kappa shape index (κ1) is 15.1. The zero-order valence-corrected chi connectivity index (χ0v) is 12.3. The molecule has 112 valence electrons. The Morgan fingerprint density at radius 1 is 1.29 bits per heavy atom. The monoisotopic (exact) mass is 289 g/mol. The highest BCUT2D eigenvalue weighted by Gasteiger charge is 2.08. The van der Waals surface area contributed by atoms with Crippen LogP contribution in [0.2, 0.25) is 0 Å². The van der Waals surface area contributed by atoms with E-state index in [1.807, 2.05) is 31.2 Å². The van der Waals surface area contributed by atoms with Gasteiger partial charge in [0.15, 0.2) is 0 Å². The Hall–Kier alpha value is -2.34. The Labute approximate surface area is 123 Å². The summed E-state index contributed by atoms with van der Waals surface area (Å²) < 4.78 is 10.1. The van der Waals surface area contributed by atoms with Gasteiger partial charge >= 0.3 is 0 Å². The lowest BCUT2D eigenvalue weighted by Gasteiger charge is -2.15. The topological polar surface area (TPSA) is 76.2 Å². The van der Waals surface area contributed by atoms with Gasteiger partial charge in [-0.25, -0.2) is 4.98 Å². The summed E-state index contributed by atoms with van der Waals surface area (Å²) in [6.07, 6.45) is 0. The van der Waals surface area contributed by atoms with Gasteiger partial charge in [0.05, 0.1) is 25.5 Å². The molecule has 0 aliphatic rings. The second kappa shape index (κ2) is 6.90. The van der Waals surface area contributed by atoms with Crippen LogP contribution >= 0.6 is 0 Å². The van der Waals surface area contributed by atoms with Crippen LogP contribution in [0, 0.1) is 0 Å². The number of H-pyrrole nitrogens is 1. The Balaban J connectivity index is 2.14. The first-order valence-corrected chi connectivity index (χ1v) is 6.62. The maximum atomic E-state index is 11.6. The van der Waals surface area contributed by atoms with Crippen molar-refractivity contribution in [3.05, 3.63) is 51.9 Å². The van der Waals surface area contributed by atoms with Crippen LogP contribution in [0.5, 0.6) is 5.75 Å².